The minimum absolute atomic E-state index is 0.0236. The van der Waals surface area contributed by atoms with Gasteiger partial charge in [0, 0.05) is 37.2 Å². The Kier molecular flexibility index (Phi) is 14.0. The van der Waals surface area contributed by atoms with Crippen LogP contribution in [0, 0.1) is 0 Å². The third-order valence-corrected chi connectivity index (χ3v) is 8.29. The van der Waals surface area contributed by atoms with Crippen molar-refractivity contribution in [2.24, 2.45) is 0 Å². The topological polar surface area (TPSA) is 203 Å². The number of amides is 4. The van der Waals surface area contributed by atoms with Crippen LogP contribution in [0.3, 0.4) is 0 Å². The molecule has 3 aromatic rings. The lowest BCUT2D eigenvalue weighted by atomic mass is 10.1. The summed E-state index contributed by atoms with van der Waals surface area (Å²) in [5, 5.41) is 23.4. The number of ether oxygens (including phenoxy) is 2. The molecular formula is C37H44N6O8. The standard InChI is InChI=1S/C37H44N6O8/c1-24(13-8-10-22-51-31-23-27(41-42-34(31)38)25-14-6-7-17-29(25)45)40-32(46)19-5-3-4-9-21-50-30-18-11-15-26-33(30)37(49)43(36(26)48)28(16-12-20-44)35(47)39-2/h6-7,11,14-15,17-18,20,23,28,45H,1,3-5,8-10,12-13,16,19,21-22H2,2H3,(H2,38,42)(H,39,47)(H,40,46). The lowest BCUT2D eigenvalue weighted by Gasteiger charge is -2.24. The summed E-state index contributed by atoms with van der Waals surface area (Å²) in [4.78, 5) is 63.0. The lowest BCUT2D eigenvalue weighted by molar-refractivity contribution is -0.125. The summed E-state index contributed by atoms with van der Waals surface area (Å²) in [6.07, 6.45) is 6.01. The summed E-state index contributed by atoms with van der Waals surface area (Å²) in [5.74, 6) is -0.973. The number of fused-ring (bicyclic) bond motifs is 1. The highest BCUT2D eigenvalue weighted by molar-refractivity contribution is 6.24. The van der Waals surface area contributed by atoms with Gasteiger partial charge in [-0.25, -0.2) is 0 Å². The summed E-state index contributed by atoms with van der Waals surface area (Å²) in [6.45, 7) is 4.64. The fourth-order valence-electron chi connectivity index (χ4n) is 5.64. The average Bonchev–Trinajstić information content (AvgIpc) is 3.38. The van der Waals surface area contributed by atoms with Crippen molar-refractivity contribution in [3.63, 3.8) is 0 Å². The number of nitrogens with two attached hydrogens (primary N) is 1. The van der Waals surface area contributed by atoms with Crippen LogP contribution in [0.5, 0.6) is 17.2 Å². The van der Waals surface area contributed by atoms with Gasteiger partial charge in [0.1, 0.15) is 29.5 Å². The third kappa shape index (κ3) is 10.1. The highest BCUT2D eigenvalue weighted by Gasteiger charge is 2.44. The first-order valence-corrected chi connectivity index (χ1v) is 17.0. The minimum Gasteiger partial charge on any atom is -0.507 e. The summed E-state index contributed by atoms with van der Waals surface area (Å²) in [5.41, 5.74) is 7.79. The molecule has 14 nitrogen and oxygen atoms in total. The normalized spacial score (nSPS) is 12.6. The van der Waals surface area contributed by atoms with Gasteiger partial charge in [0.2, 0.25) is 11.8 Å². The molecule has 14 heteroatoms. The van der Waals surface area contributed by atoms with Crippen LogP contribution >= 0.6 is 0 Å². The number of carbonyl (C=O) groups excluding carboxylic acids is 5. The zero-order valence-electron chi connectivity index (χ0n) is 28.7. The third-order valence-electron chi connectivity index (χ3n) is 8.29. The fraction of sp³-hybridized carbons (Fsp3) is 0.378. The summed E-state index contributed by atoms with van der Waals surface area (Å²) in [6, 6.07) is 12.1. The maximum Gasteiger partial charge on any atom is 0.266 e. The number of nitrogen functional groups attached to an aromatic ring is 1. The first kappa shape index (κ1) is 38.0. The van der Waals surface area contributed by atoms with Crippen LogP contribution in [0.4, 0.5) is 5.82 Å². The molecule has 0 radical (unpaired) electrons. The first-order valence-electron chi connectivity index (χ1n) is 17.0. The number of aromatic hydroxyl groups is 1. The van der Waals surface area contributed by atoms with E-state index >= 15 is 0 Å². The fourth-order valence-corrected chi connectivity index (χ4v) is 5.64. The number of imide groups is 1. The van der Waals surface area contributed by atoms with Crippen LogP contribution in [0.15, 0.2) is 60.8 Å². The van der Waals surface area contributed by atoms with Gasteiger partial charge in [0.15, 0.2) is 11.6 Å². The second-order valence-corrected chi connectivity index (χ2v) is 12.0. The molecule has 2 aromatic carbocycles. The first-order chi connectivity index (χ1) is 24.7. The molecule has 0 saturated carbocycles. The van der Waals surface area contributed by atoms with Crippen molar-refractivity contribution >= 4 is 35.7 Å². The van der Waals surface area contributed by atoms with E-state index in [0.717, 1.165) is 24.2 Å². The lowest BCUT2D eigenvalue weighted by Crippen LogP contribution is -2.48. The molecule has 0 aliphatic carbocycles. The number of likely N-dealkylation sites (N-methyl/N-ethyl adjacent to an activating group) is 1. The number of hydrogen-bond donors (Lipinski definition) is 4. The number of aldehydes is 1. The average molecular weight is 701 g/mol. The molecule has 0 fully saturated rings. The van der Waals surface area contributed by atoms with E-state index in [1.165, 1.54) is 13.1 Å². The largest absolute Gasteiger partial charge is 0.507 e. The van der Waals surface area contributed by atoms with Crippen LogP contribution in [-0.4, -0.2) is 76.4 Å². The molecular weight excluding hydrogens is 656 g/mol. The predicted molar refractivity (Wildman–Crippen MR) is 189 cm³/mol. The Bertz CT molecular complexity index is 1750. The highest BCUT2D eigenvalue weighted by Crippen LogP contribution is 2.34. The predicted octanol–water partition coefficient (Wildman–Crippen LogP) is 4.33. The molecule has 1 aliphatic rings. The second-order valence-electron chi connectivity index (χ2n) is 12.0. The number of nitrogens with zero attached hydrogens (tertiary/aromatic N) is 3. The van der Waals surface area contributed by atoms with Gasteiger partial charge in [0.25, 0.3) is 11.8 Å². The maximum absolute atomic E-state index is 13.3. The molecule has 51 heavy (non-hydrogen) atoms. The van der Waals surface area contributed by atoms with Gasteiger partial charge in [-0.2, -0.15) is 0 Å². The SMILES string of the molecule is C=C(CCCCOc1cc(-c2ccccc2O)nnc1N)NC(=O)CCCCCCOc1cccc2c1C(=O)N(C(CCC=O)C(=O)NC)C2=O. The van der Waals surface area contributed by atoms with Gasteiger partial charge in [-0.3, -0.25) is 24.1 Å². The molecule has 1 unspecified atom stereocenters. The van der Waals surface area contributed by atoms with Gasteiger partial charge in [0.05, 0.1) is 24.3 Å². The molecule has 2 heterocycles. The minimum atomic E-state index is -1.10. The molecule has 270 valence electrons. The number of phenolic OH excluding ortho intramolecular Hbond substituents is 1. The highest BCUT2D eigenvalue weighted by atomic mass is 16.5. The Balaban J connectivity index is 1.10. The number of phenols is 1. The van der Waals surface area contributed by atoms with Gasteiger partial charge in [-0.05, 0) is 62.8 Å². The Labute approximate surface area is 296 Å². The quantitative estimate of drug-likeness (QED) is 0.0700. The van der Waals surface area contributed by atoms with Gasteiger partial charge in [-0.1, -0.05) is 37.6 Å². The number of aromatic nitrogens is 2. The van der Waals surface area contributed by atoms with E-state index in [1.54, 1.807) is 42.5 Å². The summed E-state index contributed by atoms with van der Waals surface area (Å²) >= 11 is 0. The Morgan fingerprint density at radius 2 is 1.61 bits per heavy atom. The molecule has 1 aromatic heterocycles. The van der Waals surface area contributed by atoms with Crippen molar-refractivity contribution in [1.29, 1.82) is 0 Å². The molecule has 1 atom stereocenters. The zero-order chi connectivity index (χ0) is 36.8. The van der Waals surface area contributed by atoms with Crippen molar-refractivity contribution < 1.29 is 38.6 Å². The van der Waals surface area contributed by atoms with Gasteiger partial charge < -0.3 is 35.7 Å². The number of nitrogens with one attached hydrogen (secondary N) is 2. The van der Waals surface area contributed by atoms with E-state index < -0.39 is 23.8 Å². The van der Waals surface area contributed by atoms with Crippen LogP contribution in [0.25, 0.3) is 11.3 Å². The van der Waals surface area contributed by atoms with E-state index in [9.17, 15) is 29.1 Å². The Morgan fingerprint density at radius 1 is 0.922 bits per heavy atom. The number of anilines is 1. The Hall–Kier alpha value is -5.79. The number of carbonyl (C=O) groups is 5. The summed E-state index contributed by atoms with van der Waals surface area (Å²) < 4.78 is 11.7. The van der Waals surface area contributed by atoms with Crippen LogP contribution in [-0.2, 0) is 14.4 Å². The van der Waals surface area contributed by atoms with Gasteiger partial charge in [-0.15, -0.1) is 10.2 Å². The molecule has 4 rings (SSSR count). The smallest absolute Gasteiger partial charge is 0.266 e. The number of para-hydroxylation sites is 1. The van der Waals surface area contributed by atoms with Gasteiger partial charge >= 0.3 is 0 Å². The van der Waals surface area contributed by atoms with Crippen molar-refractivity contribution in [3.05, 3.63) is 71.9 Å². The summed E-state index contributed by atoms with van der Waals surface area (Å²) in [7, 11) is 1.41. The van der Waals surface area contributed by atoms with E-state index in [1.807, 2.05) is 0 Å². The zero-order valence-corrected chi connectivity index (χ0v) is 28.7. The maximum atomic E-state index is 13.3. The molecule has 5 N–H and O–H groups in total. The number of rotatable bonds is 21. The van der Waals surface area contributed by atoms with E-state index in [4.69, 9.17) is 15.2 Å². The molecule has 1 aliphatic heterocycles. The van der Waals surface area contributed by atoms with Crippen molar-refractivity contribution in [2.75, 3.05) is 26.0 Å². The van der Waals surface area contributed by atoms with Crippen molar-refractivity contribution in [3.8, 4) is 28.5 Å². The Morgan fingerprint density at radius 3 is 2.35 bits per heavy atom. The van der Waals surface area contributed by atoms with E-state index in [0.29, 0.717) is 74.3 Å². The molecule has 0 bridgehead atoms. The van der Waals surface area contributed by atoms with Crippen LogP contribution in [0.2, 0.25) is 0 Å². The number of allylic oxidation sites excluding steroid dienone is 1. The monoisotopic (exact) mass is 700 g/mol. The van der Waals surface area contributed by atoms with Crippen molar-refractivity contribution in [2.45, 2.75) is 70.3 Å². The second kappa shape index (κ2) is 18.8. The number of hydrogen-bond acceptors (Lipinski definition) is 11. The van der Waals surface area contributed by atoms with Crippen molar-refractivity contribution in [1.82, 2.24) is 25.7 Å². The van der Waals surface area contributed by atoms with E-state index in [2.05, 4.69) is 27.4 Å². The van der Waals surface area contributed by atoms with Crippen LogP contribution < -0.4 is 25.8 Å². The number of benzene rings is 2. The number of unbranched alkanes of at least 4 members (excludes halogenated alkanes) is 4. The molecule has 4 amide bonds. The van der Waals surface area contributed by atoms with E-state index in [-0.39, 0.29) is 47.2 Å². The molecule has 0 saturated heterocycles. The van der Waals surface area contributed by atoms with Crippen LogP contribution in [0.1, 0.15) is 84.9 Å². The molecule has 0 spiro atoms.